The largest absolute Gasteiger partial charge is 0.501 e. The van der Waals surface area contributed by atoms with Gasteiger partial charge in [-0.15, -0.1) is 0 Å². The first-order valence-electron chi connectivity index (χ1n) is 6.98. The van der Waals surface area contributed by atoms with Gasteiger partial charge in [-0.25, -0.2) is 9.78 Å². The van der Waals surface area contributed by atoms with E-state index in [2.05, 4.69) is 15.1 Å². The first-order valence-corrected chi connectivity index (χ1v) is 6.98. The predicted octanol–water partition coefficient (Wildman–Crippen LogP) is 2.11. The second kappa shape index (κ2) is 5.65. The number of rotatable bonds is 3. The molecule has 0 saturated heterocycles. The van der Waals surface area contributed by atoms with Crippen molar-refractivity contribution in [2.45, 2.75) is 13.8 Å². The fourth-order valence-corrected chi connectivity index (χ4v) is 2.44. The van der Waals surface area contributed by atoms with Crippen LogP contribution in [-0.4, -0.2) is 31.3 Å². The third-order valence-corrected chi connectivity index (χ3v) is 3.58. The van der Waals surface area contributed by atoms with Crippen LogP contribution >= 0.6 is 0 Å². The van der Waals surface area contributed by atoms with Crippen molar-refractivity contribution in [3.8, 4) is 28.3 Å². The summed E-state index contributed by atoms with van der Waals surface area (Å²) in [6, 6.07) is 6.94. The van der Waals surface area contributed by atoms with E-state index in [-0.39, 0.29) is 5.82 Å². The third kappa shape index (κ3) is 2.54. The lowest BCUT2D eigenvalue weighted by Crippen LogP contribution is -2.15. The number of aromatic carboxylic acids is 1. The van der Waals surface area contributed by atoms with E-state index in [9.17, 15) is 14.7 Å². The van der Waals surface area contributed by atoms with Gasteiger partial charge in [-0.3, -0.25) is 4.79 Å². The van der Waals surface area contributed by atoms with Crippen molar-refractivity contribution in [3.63, 3.8) is 0 Å². The minimum atomic E-state index is -1.48. The number of hydrogen-bond acceptors (Lipinski definition) is 6. The van der Waals surface area contributed by atoms with Gasteiger partial charge in [0.05, 0.1) is 5.69 Å². The molecule has 8 nitrogen and oxygen atoms in total. The van der Waals surface area contributed by atoms with Gasteiger partial charge in [-0.05, 0) is 19.4 Å². The Bertz CT molecular complexity index is 966. The van der Waals surface area contributed by atoms with Crippen molar-refractivity contribution >= 4 is 5.97 Å². The van der Waals surface area contributed by atoms with Crippen LogP contribution in [0.3, 0.4) is 0 Å². The van der Waals surface area contributed by atoms with Crippen molar-refractivity contribution in [2.75, 3.05) is 0 Å². The van der Waals surface area contributed by atoms with Crippen LogP contribution in [0.2, 0.25) is 0 Å². The minimum Gasteiger partial charge on any atom is -0.501 e. The topological polar surface area (TPSA) is 129 Å². The number of aromatic hydroxyl groups is 1. The molecule has 0 atom stereocenters. The molecule has 0 saturated carbocycles. The highest BCUT2D eigenvalue weighted by molar-refractivity contribution is 5.88. The molecular weight excluding hydrogens is 314 g/mol. The quantitative estimate of drug-likeness (QED) is 0.671. The summed E-state index contributed by atoms with van der Waals surface area (Å²) in [6.07, 6.45) is 0. The Morgan fingerprint density at radius 3 is 2.33 bits per heavy atom. The highest BCUT2D eigenvalue weighted by Crippen LogP contribution is 2.28. The lowest BCUT2D eigenvalue weighted by molar-refractivity contribution is 0.0686. The maximum atomic E-state index is 11.7. The Morgan fingerprint density at radius 1 is 1.17 bits per heavy atom. The van der Waals surface area contributed by atoms with Crippen LogP contribution in [0.25, 0.3) is 22.5 Å². The summed E-state index contributed by atoms with van der Waals surface area (Å²) in [7, 11) is 0. The number of hydrogen-bond donors (Lipinski definition) is 3. The van der Waals surface area contributed by atoms with Gasteiger partial charge in [-0.2, -0.15) is 0 Å². The van der Waals surface area contributed by atoms with E-state index in [0.717, 1.165) is 16.8 Å². The molecule has 0 radical (unpaired) electrons. The van der Waals surface area contributed by atoms with E-state index in [1.54, 1.807) is 31.2 Å². The first kappa shape index (κ1) is 15.5. The fourth-order valence-electron chi connectivity index (χ4n) is 2.44. The molecule has 0 aliphatic heterocycles. The van der Waals surface area contributed by atoms with E-state index in [4.69, 9.17) is 9.63 Å². The molecule has 122 valence electrons. The smallest absolute Gasteiger partial charge is 0.358 e. The van der Waals surface area contributed by atoms with Crippen LogP contribution in [-0.2, 0) is 0 Å². The lowest BCUT2D eigenvalue weighted by Gasteiger charge is -2.05. The molecule has 0 amide bonds. The van der Waals surface area contributed by atoms with E-state index in [1.165, 1.54) is 0 Å². The number of benzene rings is 1. The Hall–Kier alpha value is -3.42. The molecule has 24 heavy (non-hydrogen) atoms. The Balaban J connectivity index is 2.06. The van der Waals surface area contributed by atoms with Crippen LogP contribution in [0.1, 0.15) is 21.9 Å². The summed E-state index contributed by atoms with van der Waals surface area (Å²) in [5.74, 6) is -1.66. The Labute approximate surface area is 135 Å². The second-order valence-corrected chi connectivity index (χ2v) is 5.19. The summed E-state index contributed by atoms with van der Waals surface area (Å²) in [4.78, 5) is 28.8. The number of aromatic amines is 1. The highest BCUT2D eigenvalue weighted by Gasteiger charge is 2.18. The lowest BCUT2D eigenvalue weighted by atomic mass is 10.0. The summed E-state index contributed by atoms with van der Waals surface area (Å²) >= 11 is 0. The monoisotopic (exact) mass is 327 g/mol. The molecule has 3 rings (SSSR count). The summed E-state index contributed by atoms with van der Waals surface area (Å²) < 4.78 is 5.13. The van der Waals surface area contributed by atoms with Crippen molar-refractivity contribution in [1.29, 1.82) is 0 Å². The van der Waals surface area contributed by atoms with Gasteiger partial charge in [0.2, 0.25) is 5.75 Å². The number of aryl methyl sites for hydroxylation is 2. The maximum absolute atomic E-state index is 11.7. The SMILES string of the molecule is Cc1noc(C)c1-c1ccc(-c2nc(C(=O)O)c(O)c(=O)[nH]2)cc1. The standard InChI is InChI=1S/C16H13N3O5/c1-7-11(8(2)24-19-7)9-3-5-10(6-4-9)14-17-12(16(22)23)13(20)15(21)18-14/h3-6,20H,1-2H3,(H,22,23)(H,17,18,21). The molecule has 0 fully saturated rings. The number of nitrogens with zero attached hydrogens (tertiary/aromatic N) is 2. The summed E-state index contributed by atoms with van der Waals surface area (Å²) in [6.45, 7) is 3.64. The molecule has 0 aliphatic carbocycles. The fraction of sp³-hybridized carbons (Fsp3) is 0.125. The van der Waals surface area contributed by atoms with Crippen LogP contribution in [0.4, 0.5) is 0 Å². The average molecular weight is 327 g/mol. The van der Waals surface area contributed by atoms with Crippen molar-refractivity contribution in [3.05, 3.63) is 51.8 Å². The molecule has 3 aromatic rings. The van der Waals surface area contributed by atoms with Gasteiger partial charge in [0.1, 0.15) is 11.6 Å². The first-order chi connectivity index (χ1) is 11.4. The van der Waals surface area contributed by atoms with Gasteiger partial charge in [0.15, 0.2) is 5.69 Å². The predicted molar refractivity (Wildman–Crippen MR) is 83.9 cm³/mol. The number of aromatic nitrogens is 3. The van der Waals surface area contributed by atoms with E-state index in [1.807, 2.05) is 6.92 Å². The molecule has 0 aliphatic rings. The number of carboxylic acid groups (broad SMARTS) is 1. The van der Waals surface area contributed by atoms with Crippen LogP contribution < -0.4 is 5.56 Å². The molecule has 2 aromatic heterocycles. The number of H-pyrrole nitrogens is 1. The van der Waals surface area contributed by atoms with Gasteiger partial charge in [0.25, 0.3) is 5.56 Å². The van der Waals surface area contributed by atoms with Crippen molar-refractivity contribution in [1.82, 2.24) is 15.1 Å². The number of carbonyl (C=O) groups is 1. The average Bonchev–Trinajstić information content (AvgIpc) is 2.88. The summed E-state index contributed by atoms with van der Waals surface area (Å²) in [5.41, 5.74) is 1.40. The molecule has 1 aromatic carbocycles. The molecule has 0 unspecified atom stereocenters. The van der Waals surface area contributed by atoms with Gasteiger partial charge in [0, 0.05) is 11.1 Å². The maximum Gasteiger partial charge on any atom is 0.358 e. The number of carboxylic acids is 1. The van der Waals surface area contributed by atoms with Gasteiger partial charge >= 0.3 is 5.97 Å². The zero-order valence-electron chi connectivity index (χ0n) is 12.8. The van der Waals surface area contributed by atoms with E-state index in [0.29, 0.717) is 11.3 Å². The van der Waals surface area contributed by atoms with E-state index >= 15 is 0 Å². The van der Waals surface area contributed by atoms with E-state index < -0.39 is 23.0 Å². The van der Waals surface area contributed by atoms with Gasteiger partial charge in [-0.1, -0.05) is 29.4 Å². The summed E-state index contributed by atoms with van der Waals surface area (Å²) in [5, 5.41) is 22.4. The minimum absolute atomic E-state index is 0.0560. The number of nitrogens with one attached hydrogen (secondary N) is 1. The molecule has 0 spiro atoms. The third-order valence-electron chi connectivity index (χ3n) is 3.58. The zero-order valence-corrected chi connectivity index (χ0v) is 12.8. The normalized spacial score (nSPS) is 10.8. The molecular formula is C16H13N3O5. The zero-order chi connectivity index (χ0) is 17.4. The molecule has 0 bridgehead atoms. The molecule has 3 N–H and O–H groups in total. The van der Waals surface area contributed by atoms with Crippen LogP contribution in [0.5, 0.6) is 5.75 Å². The Kier molecular flexibility index (Phi) is 3.64. The van der Waals surface area contributed by atoms with Gasteiger partial charge < -0.3 is 19.7 Å². The van der Waals surface area contributed by atoms with Crippen LogP contribution in [0.15, 0.2) is 33.6 Å². The van der Waals surface area contributed by atoms with Crippen LogP contribution in [0, 0.1) is 13.8 Å². The molecule has 8 heteroatoms. The highest BCUT2D eigenvalue weighted by atomic mass is 16.5. The van der Waals surface area contributed by atoms with Crippen molar-refractivity contribution < 1.29 is 19.5 Å². The molecule has 2 heterocycles. The van der Waals surface area contributed by atoms with Crippen molar-refractivity contribution in [2.24, 2.45) is 0 Å². The Morgan fingerprint density at radius 2 is 1.79 bits per heavy atom. The second-order valence-electron chi connectivity index (χ2n) is 5.19.